The molecule has 1 fully saturated rings. The molecule has 3 rings (SSSR count). The van der Waals surface area contributed by atoms with Crippen LogP contribution in [0.3, 0.4) is 0 Å². The van der Waals surface area contributed by atoms with E-state index in [1.807, 2.05) is 7.05 Å². The van der Waals surface area contributed by atoms with Crippen LogP contribution in [0.1, 0.15) is 0 Å². The third-order valence-electron chi connectivity index (χ3n) is 3.60. The maximum absolute atomic E-state index is 12.4. The van der Waals surface area contributed by atoms with Crippen LogP contribution in [-0.4, -0.2) is 52.4 Å². The summed E-state index contributed by atoms with van der Waals surface area (Å²) in [6.07, 6.45) is 0.586. The standard InChI is InChI=1S/C13H17F2N7/c1-17-9-5-21(6-9)12-2-10(19-13(16)20-12)8-3-18-22(4-8)7-11(14)15/h2-4,9,11,17H,5-7H2,1H3,(H2,16,19,20). The van der Waals surface area contributed by atoms with Crippen LogP contribution in [0.5, 0.6) is 0 Å². The van der Waals surface area contributed by atoms with Gasteiger partial charge in [0, 0.05) is 37.0 Å². The van der Waals surface area contributed by atoms with Gasteiger partial charge in [-0.2, -0.15) is 10.1 Å². The Balaban J connectivity index is 1.82. The second-order valence-electron chi connectivity index (χ2n) is 5.20. The van der Waals surface area contributed by atoms with E-state index in [1.54, 1.807) is 6.07 Å². The number of nitrogen functional groups attached to an aromatic ring is 1. The monoisotopic (exact) mass is 309 g/mol. The molecule has 3 N–H and O–H groups in total. The van der Waals surface area contributed by atoms with E-state index >= 15 is 0 Å². The van der Waals surface area contributed by atoms with Gasteiger partial charge < -0.3 is 16.0 Å². The Kier molecular flexibility index (Phi) is 3.88. The summed E-state index contributed by atoms with van der Waals surface area (Å²) in [6.45, 7) is 1.25. The summed E-state index contributed by atoms with van der Waals surface area (Å²) in [4.78, 5) is 10.5. The summed E-state index contributed by atoms with van der Waals surface area (Å²) >= 11 is 0. The normalized spacial score (nSPS) is 15.4. The molecule has 0 saturated carbocycles. The highest BCUT2D eigenvalue weighted by Gasteiger charge is 2.27. The smallest absolute Gasteiger partial charge is 0.257 e. The second-order valence-corrected chi connectivity index (χ2v) is 5.20. The Morgan fingerprint density at radius 1 is 1.41 bits per heavy atom. The number of anilines is 2. The number of nitrogens with two attached hydrogens (primary N) is 1. The maximum Gasteiger partial charge on any atom is 0.257 e. The lowest BCUT2D eigenvalue weighted by atomic mass is 10.1. The van der Waals surface area contributed by atoms with Crippen LogP contribution in [0.25, 0.3) is 11.3 Å². The van der Waals surface area contributed by atoms with Crippen molar-refractivity contribution >= 4 is 11.8 Å². The molecule has 0 spiro atoms. The molecule has 9 heteroatoms. The van der Waals surface area contributed by atoms with Crippen molar-refractivity contribution in [1.29, 1.82) is 0 Å². The highest BCUT2D eigenvalue weighted by atomic mass is 19.3. The van der Waals surface area contributed by atoms with Gasteiger partial charge in [0.1, 0.15) is 12.4 Å². The minimum Gasteiger partial charge on any atom is -0.368 e. The lowest BCUT2D eigenvalue weighted by Gasteiger charge is -2.40. The molecule has 2 aromatic heterocycles. The minimum absolute atomic E-state index is 0.155. The predicted octanol–water partition coefficient (Wildman–Crippen LogP) is 0.595. The van der Waals surface area contributed by atoms with Crippen molar-refractivity contribution in [3.05, 3.63) is 18.5 Å². The first kappa shape index (κ1) is 14.6. The van der Waals surface area contributed by atoms with Crippen molar-refractivity contribution in [3.8, 4) is 11.3 Å². The van der Waals surface area contributed by atoms with Gasteiger partial charge >= 0.3 is 0 Å². The number of halogens is 2. The lowest BCUT2D eigenvalue weighted by molar-refractivity contribution is 0.122. The molecule has 2 aromatic rings. The molecule has 0 aliphatic carbocycles. The average molecular weight is 309 g/mol. The molecule has 1 saturated heterocycles. The van der Waals surface area contributed by atoms with Gasteiger partial charge in [-0.1, -0.05) is 0 Å². The quantitative estimate of drug-likeness (QED) is 0.841. The maximum atomic E-state index is 12.4. The molecular weight excluding hydrogens is 292 g/mol. The molecule has 1 aliphatic rings. The first-order valence-corrected chi connectivity index (χ1v) is 6.93. The van der Waals surface area contributed by atoms with E-state index in [-0.39, 0.29) is 5.95 Å². The van der Waals surface area contributed by atoms with Gasteiger partial charge in [0.05, 0.1) is 11.9 Å². The van der Waals surface area contributed by atoms with Crippen molar-refractivity contribution in [1.82, 2.24) is 25.1 Å². The molecular formula is C13H17F2N7. The third-order valence-corrected chi connectivity index (χ3v) is 3.60. The fourth-order valence-corrected chi connectivity index (χ4v) is 2.35. The van der Waals surface area contributed by atoms with Gasteiger partial charge in [0.25, 0.3) is 6.43 Å². The molecule has 0 atom stereocenters. The Bertz CT molecular complexity index is 652. The number of likely N-dealkylation sites (N-methyl/N-ethyl adjacent to an activating group) is 1. The lowest BCUT2D eigenvalue weighted by Crippen LogP contribution is -2.57. The van der Waals surface area contributed by atoms with Crippen LogP contribution in [-0.2, 0) is 6.54 Å². The van der Waals surface area contributed by atoms with Gasteiger partial charge in [-0.15, -0.1) is 0 Å². The largest absolute Gasteiger partial charge is 0.368 e. The summed E-state index contributed by atoms with van der Waals surface area (Å²) in [5.41, 5.74) is 6.98. The van der Waals surface area contributed by atoms with E-state index < -0.39 is 13.0 Å². The zero-order valence-electron chi connectivity index (χ0n) is 12.1. The third kappa shape index (κ3) is 2.98. The molecule has 118 valence electrons. The molecule has 0 amide bonds. The van der Waals surface area contributed by atoms with Crippen molar-refractivity contribution in [2.75, 3.05) is 30.8 Å². The van der Waals surface area contributed by atoms with Crippen molar-refractivity contribution in [2.24, 2.45) is 0 Å². The van der Waals surface area contributed by atoms with E-state index in [2.05, 4.69) is 25.3 Å². The van der Waals surface area contributed by atoms with Gasteiger partial charge in [-0.3, -0.25) is 4.68 Å². The molecule has 7 nitrogen and oxygen atoms in total. The summed E-state index contributed by atoms with van der Waals surface area (Å²) in [5.74, 6) is 0.887. The SMILES string of the molecule is CNC1CN(c2cc(-c3cnn(CC(F)F)c3)nc(N)n2)C1. The van der Waals surface area contributed by atoms with E-state index in [1.165, 1.54) is 17.1 Å². The van der Waals surface area contributed by atoms with Gasteiger partial charge in [-0.05, 0) is 7.05 Å². The van der Waals surface area contributed by atoms with Crippen molar-refractivity contribution < 1.29 is 8.78 Å². The first-order chi connectivity index (χ1) is 10.5. The molecule has 1 aliphatic heterocycles. The molecule has 0 unspecified atom stereocenters. The number of aromatic nitrogens is 4. The molecule has 3 heterocycles. The first-order valence-electron chi connectivity index (χ1n) is 6.93. The fraction of sp³-hybridized carbons (Fsp3) is 0.462. The number of nitrogens with zero attached hydrogens (tertiary/aromatic N) is 5. The van der Waals surface area contributed by atoms with Crippen LogP contribution in [0.4, 0.5) is 20.5 Å². The zero-order valence-corrected chi connectivity index (χ0v) is 12.1. The van der Waals surface area contributed by atoms with Crippen molar-refractivity contribution in [2.45, 2.75) is 19.0 Å². The topological polar surface area (TPSA) is 84.9 Å². The predicted molar refractivity (Wildman–Crippen MR) is 78.7 cm³/mol. The van der Waals surface area contributed by atoms with Crippen LogP contribution in [0.15, 0.2) is 18.5 Å². The molecule has 0 radical (unpaired) electrons. The van der Waals surface area contributed by atoms with E-state index in [9.17, 15) is 8.78 Å². The number of alkyl halides is 2. The zero-order chi connectivity index (χ0) is 15.7. The highest BCUT2D eigenvalue weighted by Crippen LogP contribution is 2.25. The Labute approximate surface area is 126 Å². The van der Waals surface area contributed by atoms with Gasteiger partial charge in [-0.25, -0.2) is 13.8 Å². The van der Waals surface area contributed by atoms with E-state index in [0.717, 1.165) is 18.9 Å². The summed E-state index contributed by atoms with van der Waals surface area (Å²) in [7, 11) is 1.92. The van der Waals surface area contributed by atoms with Gasteiger partial charge in [0.2, 0.25) is 5.95 Å². The number of rotatable bonds is 5. The number of nitrogens with one attached hydrogen (secondary N) is 1. The van der Waals surface area contributed by atoms with Crippen LogP contribution >= 0.6 is 0 Å². The summed E-state index contributed by atoms with van der Waals surface area (Å²) < 4.78 is 25.9. The van der Waals surface area contributed by atoms with Crippen molar-refractivity contribution in [3.63, 3.8) is 0 Å². The van der Waals surface area contributed by atoms with E-state index in [0.29, 0.717) is 17.3 Å². The van der Waals surface area contributed by atoms with E-state index in [4.69, 9.17) is 5.73 Å². The molecule has 0 aromatic carbocycles. The highest BCUT2D eigenvalue weighted by molar-refractivity contribution is 5.63. The van der Waals surface area contributed by atoms with Crippen LogP contribution < -0.4 is 16.0 Å². The summed E-state index contributed by atoms with van der Waals surface area (Å²) in [6, 6.07) is 2.24. The number of hydrogen-bond donors (Lipinski definition) is 2. The Hall–Kier alpha value is -2.29. The Morgan fingerprint density at radius 2 is 2.18 bits per heavy atom. The van der Waals surface area contributed by atoms with Crippen LogP contribution in [0, 0.1) is 0 Å². The second kappa shape index (κ2) is 5.84. The Morgan fingerprint density at radius 3 is 2.86 bits per heavy atom. The minimum atomic E-state index is -2.45. The van der Waals surface area contributed by atoms with Crippen LogP contribution in [0.2, 0.25) is 0 Å². The molecule has 22 heavy (non-hydrogen) atoms. The number of hydrogen-bond acceptors (Lipinski definition) is 6. The average Bonchev–Trinajstić information content (AvgIpc) is 2.84. The molecule has 0 bridgehead atoms. The van der Waals surface area contributed by atoms with Gasteiger partial charge in [0.15, 0.2) is 0 Å². The fourth-order valence-electron chi connectivity index (χ4n) is 2.35. The summed E-state index contributed by atoms with van der Waals surface area (Å²) in [5, 5.41) is 7.09.